The fourth-order valence-electron chi connectivity index (χ4n) is 0.677. The van der Waals surface area contributed by atoms with Gasteiger partial charge < -0.3 is 15.2 Å². The molecule has 0 aliphatic heterocycles. The van der Waals surface area contributed by atoms with E-state index in [0.717, 1.165) is 32.7 Å². The van der Waals surface area contributed by atoms with Crippen molar-refractivity contribution in [3.05, 3.63) is 0 Å². The first-order valence-electron chi connectivity index (χ1n) is 4.09. The standard InChI is InChI=1S/C8H19NO2/c1-8(9)4-7-11-6-3-5-10-2/h8H,3-7,9H2,1-2H3. The van der Waals surface area contributed by atoms with Gasteiger partial charge in [-0.1, -0.05) is 0 Å². The Kier molecular flexibility index (Phi) is 7.89. The molecule has 0 fully saturated rings. The van der Waals surface area contributed by atoms with Crippen molar-refractivity contribution in [2.45, 2.75) is 25.8 Å². The molecular formula is C8H19NO2. The molecule has 11 heavy (non-hydrogen) atoms. The molecule has 3 heteroatoms. The second-order valence-corrected chi connectivity index (χ2v) is 2.72. The first kappa shape index (κ1) is 10.9. The lowest BCUT2D eigenvalue weighted by atomic mass is 10.3. The summed E-state index contributed by atoms with van der Waals surface area (Å²) in [6.07, 6.45) is 1.91. The van der Waals surface area contributed by atoms with Crippen molar-refractivity contribution >= 4 is 0 Å². The van der Waals surface area contributed by atoms with Gasteiger partial charge in [0.1, 0.15) is 0 Å². The van der Waals surface area contributed by atoms with Gasteiger partial charge in [0, 0.05) is 33.0 Å². The van der Waals surface area contributed by atoms with Crippen LogP contribution in [0.25, 0.3) is 0 Å². The van der Waals surface area contributed by atoms with Gasteiger partial charge in [-0.05, 0) is 19.8 Å². The number of rotatable bonds is 7. The number of hydrogen-bond donors (Lipinski definition) is 1. The van der Waals surface area contributed by atoms with Gasteiger partial charge in [0.2, 0.25) is 0 Å². The van der Waals surface area contributed by atoms with Crippen LogP contribution in [0.15, 0.2) is 0 Å². The molecule has 0 aromatic heterocycles. The van der Waals surface area contributed by atoms with Crippen molar-refractivity contribution in [2.24, 2.45) is 5.73 Å². The van der Waals surface area contributed by atoms with Crippen LogP contribution in [-0.2, 0) is 9.47 Å². The van der Waals surface area contributed by atoms with E-state index < -0.39 is 0 Å². The fraction of sp³-hybridized carbons (Fsp3) is 1.00. The van der Waals surface area contributed by atoms with Crippen molar-refractivity contribution in [2.75, 3.05) is 26.9 Å². The molecule has 0 rings (SSSR count). The minimum Gasteiger partial charge on any atom is -0.385 e. The summed E-state index contributed by atoms with van der Waals surface area (Å²) < 4.78 is 10.2. The zero-order chi connectivity index (χ0) is 8.53. The van der Waals surface area contributed by atoms with Crippen LogP contribution in [0.1, 0.15) is 19.8 Å². The summed E-state index contributed by atoms with van der Waals surface area (Å²) in [5.41, 5.74) is 5.53. The minimum atomic E-state index is 0.248. The van der Waals surface area contributed by atoms with E-state index in [-0.39, 0.29) is 6.04 Å². The Balaban J connectivity index is 2.80. The molecule has 0 spiro atoms. The van der Waals surface area contributed by atoms with Gasteiger partial charge in [0.05, 0.1) is 0 Å². The van der Waals surface area contributed by atoms with Gasteiger partial charge in [-0.15, -0.1) is 0 Å². The molecule has 0 aliphatic carbocycles. The molecule has 0 saturated heterocycles. The molecule has 0 saturated carbocycles. The van der Waals surface area contributed by atoms with Crippen molar-refractivity contribution in [1.82, 2.24) is 0 Å². The second kappa shape index (κ2) is 7.98. The van der Waals surface area contributed by atoms with E-state index in [0.29, 0.717) is 0 Å². The summed E-state index contributed by atoms with van der Waals surface area (Å²) in [5, 5.41) is 0. The second-order valence-electron chi connectivity index (χ2n) is 2.72. The Hall–Kier alpha value is -0.120. The number of ether oxygens (including phenoxy) is 2. The highest BCUT2D eigenvalue weighted by atomic mass is 16.5. The maximum absolute atomic E-state index is 5.53. The van der Waals surface area contributed by atoms with Gasteiger partial charge in [-0.3, -0.25) is 0 Å². The smallest absolute Gasteiger partial charge is 0.0487 e. The highest BCUT2D eigenvalue weighted by molar-refractivity contribution is 4.50. The molecule has 0 aromatic carbocycles. The van der Waals surface area contributed by atoms with Crippen molar-refractivity contribution in [1.29, 1.82) is 0 Å². The fourth-order valence-corrected chi connectivity index (χ4v) is 0.677. The van der Waals surface area contributed by atoms with E-state index in [4.69, 9.17) is 15.2 Å². The molecule has 0 aliphatic rings. The summed E-state index contributed by atoms with van der Waals surface area (Å²) in [6, 6.07) is 0.248. The predicted octanol–water partition coefficient (Wildman–Crippen LogP) is 0.777. The largest absolute Gasteiger partial charge is 0.385 e. The maximum atomic E-state index is 5.53. The molecule has 0 heterocycles. The van der Waals surface area contributed by atoms with E-state index in [2.05, 4.69) is 0 Å². The van der Waals surface area contributed by atoms with Crippen molar-refractivity contribution in [3.63, 3.8) is 0 Å². The highest BCUT2D eigenvalue weighted by Gasteiger charge is 1.93. The van der Waals surface area contributed by atoms with Gasteiger partial charge in [-0.2, -0.15) is 0 Å². The van der Waals surface area contributed by atoms with Gasteiger partial charge in [0.25, 0.3) is 0 Å². The Morgan fingerprint density at radius 1 is 1.27 bits per heavy atom. The maximum Gasteiger partial charge on any atom is 0.0487 e. The summed E-state index contributed by atoms with van der Waals surface area (Å²) in [4.78, 5) is 0. The molecule has 0 bridgehead atoms. The van der Waals surface area contributed by atoms with Crippen molar-refractivity contribution < 1.29 is 9.47 Å². The number of methoxy groups -OCH3 is 1. The van der Waals surface area contributed by atoms with Crippen LogP contribution in [0.5, 0.6) is 0 Å². The molecule has 0 radical (unpaired) electrons. The Morgan fingerprint density at radius 2 is 2.00 bits per heavy atom. The molecule has 0 amide bonds. The third-order valence-electron chi connectivity index (χ3n) is 1.35. The average molecular weight is 161 g/mol. The van der Waals surface area contributed by atoms with E-state index in [1.54, 1.807) is 7.11 Å². The monoisotopic (exact) mass is 161 g/mol. The Bertz CT molecular complexity index is 76.5. The van der Waals surface area contributed by atoms with E-state index in [9.17, 15) is 0 Å². The quantitative estimate of drug-likeness (QED) is 0.561. The minimum absolute atomic E-state index is 0.248. The lowest BCUT2D eigenvalue weighted by molar-refractivity contribution is 0.0991. The zero-order valence-corrected chi connectivity index (χ0v) is 7.51. The third-order valence-corrected chi connectivity index (χ3v) is 1.35. The van der Waals surface area contributed by atoms with Gasteiger partial charge >= 0.3 is 0 Å². The van der Waals surface area contributed by atoms with Crippen molar-refractivity contribution in [3.8, 4) is 0 Å². The molecule has 1 atom stereocenters. The zero-order valence-electron chi connectivity index (χ0n) is 7.51. The van der Waals surface area contributed by atoms with Crippen LogP contribution in [0.2, 0.25) is 0 Å². The van der Waals surface area contributed by atoms with E-state index in [1.165, 1.54) is 0 Å². The van der Waals surface area contributed by atoms with Crippen LogP contribution >= 0.6 is 0 Å². The lowest BCUT2D eigenvalue weighted by Crippen LogP contribution is -2.17. The normalized spacial score (nSPS) is 13.4. The molecule has 68 valence electrons. The molecule has 3 nitrogen and oxygen atoms in total. The average Bonchev–Trinajstić information content (AvgIpc) is 1.96. The van der Waals surface area contributed by atoms with E-state index in [1.807, 2.05) is 6.92 Å². The van der Waals surface area contributed by atoms with Gasteiger partial charge in [0.15, 0.2) is 0 Å². The van der Waals surface area contributed by atoms with Crippen LogP contribution in [-0.4, -0.2) is 33.0 Å². The number of nitrogens with two attached hydrogens (primary N) is 1. The third kappa shape index (κ3) is 9.88. The number of hydrogen-bond acceptors (Lipinski definition) is 3. The predicted molar refractivity (Wildman–Crippen MR) is 45.6 cm³/mol. The summed E-state index contributed by atoms with van der Waals surface area (Å²) in [5.74, 6) is 0. The Labute approximate surface area is 68.9 Å². The van der Waals surface area contributed by atoms with Crippen LogP contribution < -0.4 is 5.73 Å². The SMILES string of the molecule is COCCCOCCC(C)N. The molecule has 1 unspecified atom stereocenters. The van der Waals surface area contributed by atoms with Crippen LogP contribution in [0.3, 0.4) is 0 Å². The molecule has 2 N–H and O–H groups in total. The van der Waals surface area contributed by atoms with Crippen LogP contribution in [0, 0.1) is 0 Å². The lowest BCUT2D eigenvalue weighted by Gasteiger charge is -2.05. The van der Waals surface area contributed by atoms with Gasteiger partial charge in [-0.25, -0.2) is 0 Å². The van der Waals surface area contributed by atoms with E-state index >= 15 is 0 Å². The molecule has 0 aromatic rings. The Morgan fingerprint density at radius 3 is 2.55 bits per heavy atom. The summed E-state index contributed by atoms with van der Waals surface area (Å²) in [6.45, 7) is 4.30. The first-order valence-corrected chi connectivity index (χ1v) is 4.09. The topological polar surface area (TPSA) is 44.5 Å². The summed E-state index contributed by atoms with van der Waals surface area (Å²) >= 11 is 0. The van der Waals surface area contributed by atoms with Crippen LogP contribution in [0.4, 0.5) is 0 Å². The summed E-state index contributed by atoms with van der Waals surface area (Å²) in [7, 11) is 1.70. The molecular weight excluding hydrogens is 142 g/mol. The highest BCUT2D eigenvalue weighted by Crippen LogP contribution is 1.89. The first-order chi connectivity index (χ1) is 5.27.